The van der Waals surface area contributed by atoms with Crippen molar-refractivity contribution in [3.63, 3.8) is 0 Å². The number of thiazole rings is 1. The number of nitrogens with one attached hydrogen (secondary N) is 2. The third kappa shape index (κ3) is 3.95. The van der Waals surface area contributed by atoms with Crippen LogP contribution in [0.1, 0.15) is 21.1 Å². The highest BCUT2D eigenvalue weighted by atomic mass is 32.1. The fraction of sp³-hybridized carbons (Fsp3) is 0.333. The first-order valence-corrected chi connectivity index (χ1v) is 7.43. The molecule has 21 heavy (non-hydrogen) atoms. The van der Waals surface area contributed by atoms with E-state index < -0.39 is 0 Å². The van der Waals surface area contributed by atoms with E-state index in [1.54, 1.807) is 18.4 Å². The number of hydrogen-bond donors (Lipinski definition) is 2. The van der Waals surface area contributed by atoms with Crippen LogP contribution in [0.4, 0.5) is 10.5 Å². The lowest BCUT2D eigenvalue weighted by molar-refractivity contribution is 0.252. The van der Waals surface area contributed by atoms with Gasteiger partial charge in [-0.05, 0) is 44.5 Å². The standard InChI is InChI=1S/C15H19N3O2S/c1-9-7-12(5-6-13(9)20-4)18-15(19)16-8-14-10(2)17-11(3)21-14/h5-7H,8H2,1-4H3,(H2,16,18,19). The summed E-state index contributed by atoms with van der Waals surface area (Å²) in [5.41, 5.74) is 2.69. The Bertz CT molecular complexity index is 652. The summed E-state index contributed by atoms with van der Waals surface area (Å²) in [7, 11) is 1.63. The van der Waals surface area contributed by atoms with Crippen molar-refractivity contribution in [3.05, 3.63) is 39.3 Å². The first kappa shape index (κ1) is 15.3. The molecule has 1 aromatic carbocycles. The fourth-order valence-corrected chi connectivity index (χ4v) is 2.91. The molecule has 6 heteroatoms. The smallest absolute Gasteiger partial charge is 0.319 e. The maximum atomic E-state index is 11.9. The third-order valence-corrected chi connectivity index (χ3v) is 4.13. The Morgan fingerprint density at radius 2 is 2.10 bits per heavy atom. The van der Waals surface area contributed by atoms with Gasteiger partial charge in [-0.3, -0.25) is 0 Å². The zero-order chi connectivity index (χ0) is 15.4. The van der Waals surface area contributed by atoms with E-state index >= 15 is 0 Å². The predicted molar refractivity (Wildman–Crippen MR) is 85.2 cm³/mol. The van der Waals surface area contributed by atoms with Crippen molar-refractivity contribution in [1.82, 2.24) is 10.3 Å². The van der Waals surface area contributed by atoms with Gasteiger partial charge in [0.2, 0.25) is 0 Å². The van der Waals surface area contributed by atoms with Gasteiger partial charge in [-0.2, -0.15) is 0 Å². The number of amides is 2. The first-order chi connectivity index (χ1) is 9.99. The van der Waals surface area contributed by atoms with Crippen LogP contribution < -0.4 is 15.4 Å². The van der Waals surface area contributed by atoms with Gasteiger partial charge in [0.05, 0.1) is 24.4 Å². The monoisotopic (exact) mass is 305 g/mol. The molecule has 2 N–H and O–H groups in total. The molecule has 0 aliphatic heterocycles. The lowest BCUT2D eigenvalue weighted by Gasteiger charge is -2.10. The number of methoxy groups -OCH3 is 1. The average Bonchev–Trinajstić information content (AvgIpc) is 2.75. The summed E-state index contributed by atoms with van der Waals surface area (Å²) < 4.78 is 5.19. The van der Waals surface area contributed by atoms with Crippen molar-refractivity contribution < 1.29 is 9.53 Å². The Kier molecular flexibility index (Phi) is 4.80. The van der Waals surface area contributed by atoms with E-state index in [1.165, 1.54) is 0 Å². The molecule has 2 rings (SSSR count). The van der Waals surface area contributed by atoms with E-state index in [0.29, 0.717) is 6.54 Å². The largest absolute Gasteiger partial charge is 0.496 e. The van der Waals surface area contributed by atoms with E-state index in [0.717, 1.165) is 32.6 Å². The molecule has 2 amide bonds. The Morgan fingerprint density at radius 1 is 1.33 bits per heavy atom. The summed E-state index contributed by atoms with van der Waals surface area (Å²) in [6.45, 7) is 6.33. The number of nitrogens with zero attached hydrogens (tertiary/aromatic N) is 1. The SMILES string of the molecule is COc1ccc(NC(=O)NCc2sc(C)nc2C)cc1C. The van der Waals surface area contributed by atoms with Gasteiger partial charge in [-0.25, -0.2) is 9.78 Å². The number of aromatic nitrogens is 1. The van der Waals surface area contributed by atoms with Crippen LogP contribution in [-0.4, -0.2) is 18.1 Å². The van der Waals surface area contributed by atoms with Crippen LogP contribution in [0, 0.1) is 20.8 Å². The van der Waals surface area contributed by atoms with Crippen LogP contribution >= 0.6 is 11.3 Å². The molecular weight excluding hydrogens is 286 g/mol. The quantitative estimate of drug-likeness (QED) is 0.910. The molecule has 2 aromatic rings. The molecule has 0 unspecified atom stereocenters. The van der Waals surface area contributed by atoms with Gasteiger partial charge in [0.15, 0.2) is 0 Å². The van der Waals surface area contributed by atoms with Crippen molar-refractivity contribution in [2.24, 2.45) is 0 Å². The molecule has 112 valence electrons. The van der Waals surface area contributed by atoms with E-state index in [9.17, 15) is 4.79 Å². The van der Waals surface area contributed by atoms with Gasteiger partial charge in [0, 0.05) is 10.6 Å². The van der Waals surface area contributed by atoms with Crippen LogP contribution in [0.15, 0.2) is 18.2 Å². The molecule has 0 spiro atoms. The lowest BCUT2D eigenvalue weighted by Crippen LogP contribution is -2.28. The number of carbonyl (C=O) groups excluding carboxylic acids is 1. The highest BCUT2D eigenvalue weighted by Crippen LogP contribution is 2.21. The average molecular weight is 305 g/mol. The second kappa shape index (κ2) is 6.58. The fourth-order valence-electron chi connectivity index (χ4n) is 2.03. The van der Waals surface area contributed by atoms with E-state index in [1.807, 2.05) is 39.0 Å². The van der Waals surface area contributed by atoms with Crippen molar-refractivity contribution in [2.75, 3.05) is 12.4 Å². The van der Waals surface area contributed by atoms with Crippen LogP contribution in [0.5, 0.6) is 5.75 Å². The summed E-state index contributed by atoms with van der Waals surface area (Å²) >= 11 is 1.60. The highest BCUT2D eigenvalue weighted by Gasteiger charge is 2.08. The Hall–Kier alpha value is -2.08. The highest BCUT2D eigenvalue weighted by molar-refractivity contribution is 7.11. The molecule has 0 aliphatic rings. The van der Waals surface area contributed by atoms with Gasteiger partial charge in [-0.15, -0.1) is 11.3 Å². The number of benzene rings is 1. The Labute approximate surface area is 128 Å². The minimum Gasteiger partial charge on any atom is -0.496 e. The number of carbonyl (C=O) groups is 1. The van der Waals surface area contributed by atoms with Crippen molar-refractivity contribution in [2.45, 2.75) is 27.3 Å². The summed E-state index contributed by atoms with van der Waals surface area (Å²) in [5, 5.41) is 6.66. The Morgan fingerprint density at radius 3 is 2.67 bits per heavy atom. The van der Waals surface area contributed by atoms with Crippen molar-refractivity contribution >= 4 is 23.1 Å². The van der Waals surface area contributed by atoms with E-state index in [2.05, 4.69) is 15.6 Å². The van der Waals surface area contributed by atoms with Gasteiger partial charge in [-0.1, -0.05) is 0 Å². The zero-order valence-corrected chi connectivity index (χ0v) is 13.4. The van der Waals surface area contributed by atoms with Crippen LogP contribution in [-0.2, 0) is 6.54 Å². The van der Waals surface area contributed by atoms with Gasteiger partial charge in [0.25, 0.3) is 0 Å². The summed E-state index contributed by atoms with van der Waals surface area (Å²) in [5.74, 6) is 0.803. The molecule has 0 aliphatic carbocycles. The molecule has 0 bridgehead atoms. The van der Waals surface area contributed by atoms with Crippen molar-refractivity contribution in [1.29, 1.82) is 0 Å². The third-order valence-electron chi connectivity index (χ3n) is 3.06. The maximum Gasteiger partial charge on any atom is 0.319 e. The molecule has 0 fully saturated rings. The van der Waals surface area contributed by atoms with Gasteiger partial charge in [0.1, 0.15) is 5.75 Å². The van der Waals surface area contributed by atoms with Crippen LogP contribution in [0.25, 0.3) is 0 Å². The number of rotatable bonds is 4. The van der Waals surface area contributed by atoms with Gasteiger partial charge < -0.3 is 15.4 Å². The van der Waals surface area contributed by atoms with Crippen molar-refractivity contribution in [3.8, 4) is 5.75 Å². The number of ether oxygens (including phenoxy) is 1. The second-order valence-corrected chi connectivity index (χ2v) is 6.02. The van der Waals surface area contributed by atoms with Gasteiger partial charge >= 0.3 is 6.03 Å². The normalized spacial score (nSPS) is 10.3. The number of urea groups is 1. The molecule has 0 radical (unpaired) electrons. The number of hydrogen-bond acceptors (Lipinski definition) is 4. The molecule has 1 aromatic heterocycles. The second-order valence-electron chi connectivity index (χ2n) is 4.73. The molecular formula is C15H19N3O2S. The number of anilines is 1. The van der Waals surface area contributed by atoms with E-state index in [-0.39, 0.29) is 6.03 Å². The molecule has 0 saturated carbocycles. The predicted octanol–water partition coefficient (Wildman–Crippen LogP) is 3.40. The molecule has 0 saturated heterocycles. The molecule has 0 atom stereocenters. The summed E-state index contributed by atoms with van der Waals surface area (Å²) in [6, 6.07) is 5.29. The molecule has 1 heterocycles. The summed E-state index contributed by atoms with van der Waals surface area (Å²) in [4.78, 5) is 17.3. The van der Waals surface area contributed by atoms with Crippen LogP contribution in [0.3, 0.4) is 0 Å². The Balaban J connectivity index is 1.93. The maximum absolute atomic E-state index is 11.9. The molecule has 5 nitrogen and oxygen atoms in total. The lowest BCUT2D eigenvalue weighted by atomic mass is 10.2. The van der Waals surface area contributed by atoms with E-state index in [4.69, 9.17) is 4.74 Å². The minimum absolute atomic E-state index is 0.231. The minimum atomic E-state index is -0.231. The first-order valence-electron chi connectivity index (χ1n) is 6.62. The topological polar surface area (TPSA) is 63.2 Å². The number of aryl methyl sites for hydroxylation is 3. The van der Waals surface area contributed by atoms with Crippen LogP contribution in [0.2, 0.25) is 0 Å². The zero-order valence-electron chi connectivity index (χ0n) is 12.6. The summed E-state index contributed by atoms with van der Waals surface area (Å²) in [6.07, 6.45) is 0.